The third-order valence-corrected chi connectivity index (χ3v) is 2.84. The largest absolute Gasteiger partial charge is 0.407 e. The number of anilines is 1. The molecular weight excluding hydrogens is 192 g/mol. The number of nitrogens with zero attached hydrogens (tertiary/aromatic N) is 3. The van der Waals surface area contributed by atoms with Crippen LogP contribution in [0.15, 0.2) is 4.42 Å². The van der Waals surface area contributed by atoms with Crippen LogP contribution in [-0.4, -0.2) is 29.8 Å². The Balaban J connectivity index is 2.78. The van der Waals surface area contributed by atoms with Crippen molar-refractivity contribution in [3.63, 3.8) is 0 Å². The van der Waals surface area contributed by atoms with E-state index in [1.54, 1.807) is 0 Å². The molecule has 0 aromatic carbocycles. The van der Waals surface area contributed by atoms with E-state index in [-0.39, 0.29) is 5.54 Å². The first-order chi connectivity index (χ1) is 7.01. The minimum absolute atomic E-state index is 0.0312. The van der Waals surface area contributed by atoms with Gasteiger partial charge in [-0.1, -0.05) is 12.0 Å². The lowest BCUT2D eigenvalue weighted by Gasteiger charge is -2.32. The molecule has 0 fully saturated rings. The van der Waals surface area contributed by atoms with E-state index in [9.17, 15) is 0 Å². The minimum Gasteiger partial charge on any atom is -0.407 e. The minimum atomic E-state index is 0.0312. The standard InChI is InChI=1S/C10H20N4O/c1-6-10(2,3)14(5)9-13-12-8(15-9)7-11-4/h11H,6-7H2,1-5H3. The predicted molar refractivity (Wildman–Crippen MR) is 59.8 cm³/mol. The Bertz CT molecular complexity index is 308. The van der Waals surface area contributed by atoms with Crippen molar-refractivity contribution in [1.29, 1.82) is 0 Å². The molecule has 0 spiro atoms. The van der Waals surface area contributed by atoms with Crippen molar-refractivity contribution >= 4 is 6.01 Å². The maximum Gasteiger partial charge on any atom is 0.318 e. The summed E-state index contributed by atoms with van der Waals surface area (Å²) in [7, 11) is 3.82. The highest BCUT2D eigenvalue weighted by Crippen LogP contribution is 2.23. The van der Waals surface area contributed by atoms with E-state index in [2.05, 4.69) is 36.3 Å². The van der Waals surface area contributed by atoms with Gasteiger partial charge in [-0.15, -0.1) is 5.10 Å². The van der Waals surface area contributed by atoms with Crippen molar-refractivity contribution in [2.45, 2.75) is 39.3 Å². The van der Waals surface area contributed by atoms with Crippen LogP contribution in [0.25, 0.3) is 0 Å². The second kappa shape index (κ2) is 4.61. The molecule has 0 saturated heterocycles. The molecular formula is C10H20N4O. The van der Waals surface area contributed by atoms with E-state index in [0.717, 1.165) is 6.42 Å². The van der Waals surface area contributed by atoms with Crippen LogP contribution >= 0.6 is 0 Å². The summed E-state index contributed by atoms with van der Waals surface area (Å²) in [6.45, 7) is 7.04. The maximum atomic E-state index is 5.52. The predicted octanol–water partition coefficient (Wildman–Crippen LogP) is 1.41. The highest BCUT2D eigenvalue weighted by Gasteiger charge is 2.25. The van der Waals surface area contributed by atoms with Crippen LogP contribution in [0.3, 0.4) is 0 Å². The summed E-state index contributed by atoms with van der Waals surface area (Å²) in [4.78, 5) is 2.01. The second-order valence-corrected chi connectivity index (χ2v) is 4.23. The van der Waals surface area contributed by atoms with Gasteiger partial charge < -0.3 is 14.6 Å². The fourth-order valence-electron chi connectivity index (χ4n) is 1.10. The number of nitrogens with one attached hydrogen (secondary N) is 1. The van der Waals surface area contributed by atoms with Gasteiger partial charge in [-0.2, -0.15) is 0 Å². The van der Waals surface area contributed by atoms with Crippen molar-refractivity contribution in [3.05, 3.63) is 5.89 Å². The Morgan fingerprint density at radius 1 is 1.40 bits per heavy atom. The topological polar surface area (TPSA) is 54.2 Å². The molecule has 0 aliphatic carbocycles. The normalized spacial score (nSPS) is 11.8. The van der Waals surface area contributed by atoms with Crippen molar-refractivity contribution in [2.75, 3.05) is 19.0 Å². The van der Waals surface area contributed by atoms with Gasteiger partial charge >= 0.3 is 6.01 Å². The first-order valence-corrected chi connectivity index (χ1v) is 5.22. The third kappa shape index (κ3) is 2.68. The Kier molecular flexibility index (Phi) is 3.68. The zero-order valence-corrected chi connectivity index (χ0v) is 10.2. The van der Waals surface area contributed by atoms with Gasteiger partial charge in [0.25, 0.3) is 0 Å². The van der Waals surface area contributed by atoms with Crippen LogP contribution in [0.2, 0.25) is 0 Å². The zero-order chi connectivity index (χ0) is 11.5. The summed E-state index contributed by atoms with van der Waals surface area (Å²) in [5.74, 6) is 0.617. The fourth-order valence-corrected chi connectivity index (χ4v) is 1.10. The Morgan fingerprint density at radius 3 is 2.60 bits per heavy atom. The van der Waals surface area contributed by atoms with Crippen LogP contribution in [0.5, 0.6) is 0 Å². The van der Waals surface area contributed by atoms with E-state index in [1.165, 1.54) is 0 Å². The van der Waals surface area contributed by atoms with Crippen molar-refractivity contribution < 1.29 is 4.42 Å². The van der Waals surface area contributed by atoms with Crippen LogP contribution in [0.1, 0.15) is 33.1 Å². The third-order valence-electron chi connectivity index (χ3n) is 2.84. The van der Waals surface area contributed by atoms with Crippen LogP contribution in [0, 0.1) is 0 Å². The monoisotopic (exact) mass is 212 g/mol. The van der Waals surface area contributed by atoms with Gasteiger partial charge in [0, 0.05) is 12.6 Å². The molecule has 5 heteroatoms. The van der Waals surface area contributed by atoms with Crippen LogP contribution < -0.4 is 10.2 Å². The molecule has 1 aromatic rings. The lowest BCUT2D eigenvalue weighted by atomic mass is 10.0. The highest BCUT2D eigenvalue weighted by atomic mass is 16.4. The molecule has 0 amide bonds. The number of rotatable bonds is 5. The molecule has 86 valence electrons. The summed E-state index contributed by atoms with van der Waals surface area (Å²) in [5, 5.41) is 10.9. The van der Waals surface area contributed by atoms with E-state index >= 15 is 0 Å². The summed E-state index contributed by atoms with van der Waals surface area (Å²) >= 11 is 0. The van der Waals surface area contributed by atoms with Crippen molar-refractivity contribution in [3.8, 4) is 0 Å². The lowest BCUT2D eigenvalue weighted by Crippen LogP contribution is -2.40. The quantitative estimate of drug-likeness (QED) is 0.800. The van der Waals surface area contributed by atoms with Gasteiger partial charge in [-0.05, 0) is 27.3 Å². The van der Waals surface area contributed by atoms with Gasteiger partial charge in [0.15, 0.2) is 0 Å². The molecule has 15 heavy (non-hydrogen) atoms. The summed E-state index contributed by atoms with van der Waals surface area (Å²) in [5.41, 5.74) is 0.0312. The van der Waals surface area contributed by atoms with Gasteiger partial charge in [0.05, 0.1) is 6.54 Å². The molecule has 0 aliphatic heterocycles. The van der Waals surface area contributed by atoms with Gasteiger partial charge in [0.1, 0.15) is 0 Å². The van der Waals surface area contributed by atoms with E-state index < -0.39 is 0 Å². The molecule has 0 unspecified atom stereocenters. The average Bonchev–Trinajstić information content (AvgIpc) is 2.66. The van der Waals surface area contributed by atoms with Crippen LogP contribution in [0.4, 0.5) is 6.01 Å². The van der Waals surface area contributed by atoms with E-state index in [1.807, 2.05) is 19.0 Å². The maximum absolute atomic E-state index is 5.52. The van der Waals surface area contributed by atoms with E-state index in [4.69, 9.17) is 4.42 Å². The lowest BCUT2D eigenvalue weighted by molar-refractivity contribution is 0.408. The Labute approximate surface area is 90.9 Å². The zero-order valence-electron chi connectivity index (χ0n) is 10.2. The highest BCUT2D eigenvalue weighted by molar-refractivity contribution is 5.27. The molecule has 1 rings (SSSR count). The van der Waals surface area contributed by atoms with Crippen LogP contribution in [-0.2, 0) is 6.54 Å². The molecule has 1 N–H and O–H groups in total. The van der Waals surface area contributed by atoms with Gasteiger partial charge in [-0.3, -0.25) is 0 Å². The molecule has 0 atom stereocenters. The number of hydrogen-bond donors (Lipinski definition) is 1. The Morgan fingerprint density at radius 2 is 2.07 bits per heavy atom. The molecule has 0 bridgehead atoms. The molecule has 5 nitrogen and oxygen atoms in total. The van der Waals surface area contributed by atoms with E-state index in [0.29, 0.717) is 18.5 Å². The Hall–Kier alpha value is -1.10. The summed E-state index contributed by atoms with van der Waals surface area (Å²) in [6.07, 6.45) is 1.02. The van der Waals surface area contributed by atoms with Crippen molar-refractivity contribution in [1.82, 2.24) is 15.5 Å². The van der Waals surface area contributed by atoms with Gasteiger partial charge in [-0.25, -0.2) is 0 Å². The SMILES string of the molecule is CCC(C)(C)N(C)c1nnc(CNC)o1. The molecule has 0 radical (unpaired) electrons. The number of hydrogen-bond acceptors (Lipinski definition) is 5. The first-order valence-electron chi connectivity index (χ1n) is 5.22. The second-order valence-electron chi connectivity index (χ2n) is 4.23. The van der Waals surface area contributed by atoms with Gasteiger partial charge in [0.2, 0.25) is 5.89 Å². The summed E-state index contributed by atoms with van der Waals surface area (Å²) < 4.78 is 5.52. The average molecular weight is 212 g/mol. The van der Waals surface area contributed by atoms with Crippen molar-refractivity contribution in [2.24, 2.45) is 0 Å². The first kappa shape index (κ1) is 12.0. The number of aromatic nitrogens is 2. The molecule has 0 saturated carbocycles. The molecule has 0 aliphatic rings. The molecule has 1 heterocycles. The summed E-state index contributed by atoms with van der Waals surface area (Å²) in [6, 6.07) is 0.576. The molecule has 1 aromatic heterocycles. The fraction of sp³-hybridized carbons (Fsp3) is 0.800. The smallest absolute Gasteiger partial charge is 0.318 e.